The van der Waals surface area contributed by atoms with Crippen LogP contribution in [0.1, 0.15) is 69.4 Å². The van der Waals surface area contributed by atoms with Crippen LogP contribution in [-0.4, -0.2) is 43.0 Å². The first kappa shape index (κ1) is 28.4. The van der Waals surface area contributed by atoms with Gasteiger partial charge in [0.2, 0.25) is 11.8 Å². The van der Waals surface area contributed by atoms with Crippen LogP contribution in [0.5, 0.6) is 5.75 Å². The summed E-state index contributed by atoms with van der Waals surface area (Å²) in [7, 11) is 0. The number of phenols is 1. The molecule has 0 spiro atoms. The lowest BCUT2D eigenvalue weighted by molar-refractivity contribution is -0.136. The zero-order chi connectivity index (χ0) is 28.1. The van der Waals surface area contributed by atoms with Crippen LogP contribution < -0.4 is 10.6 Å². The van der Waals surface area contributed by atoms with Crippen molar-refractivity contribution in [2.75, 3.05) is 5.32 Å². The lowest BCUT2D eigenvalue weighted by Crippen LogP contribution is -2.28. The fraction of sp³-hybridized carbons (Fsp3) is 0.393. The summed E-state index contributed by atoms with van der Waals surface area (Å²) < 4.78 is 1.49. The minimum atomic E-state index is -1.03. The summed E-state index contributed by atoms with van der Waals surface area (Å²) in [4.78, 5) is 36.3. The molecule has 2 aromatic carbocycles. The van der Waals surface area contributed by atoms with E-state index in [1.54, 1.807) is 31.3 Å². The molecule has 1 aromatic heterocycles. The van der Waals surface area contributed by atoms with Crippen LogP contribution >= 0.6 is 0 Å². The fourth-order valence-electron chi connectivity index (χ4n) is 4.50. The Morgan fingerprint density at radius 2 is 1.87 bits per heavy atom. The van der Waals surface area contributed by atoms with Crippen LogP contribution in [0.4, 0.5) is 5.69 Å². The summed E-state index contributed by atoms with van der Waals surface area (Å²) in [6, 6.07) is 5.70. The van der Waals surface area contributed by atoms with Gasteiger partial charge in [-0.3, -0.25) is 14.4 Å². The Hall–Kier alpha value is -4.21. The van der Waals surface area contributed by atoms with Crippen LogP contribution in [0.15, 0.2) is 42.6 Å². The van der Waals surface area contributed by atoms with Gasteiger partial charge < -0.3 is 20.8 Å². The molecule has 1 heterocycles. The molecule has 3 aromatic rings. The number of nitrogens with zero attached hydrogens (tertiary/aromatic N) is 3. The highest BCUT2D eigenvalue weighted by Gasteiger charge is 2.25. The molecule has 0 aliphatic rings. The number of aryl methyl sites for hydroxylation is 1. The largest absolute Gasteiger partial charge is 0.508 e. The van der Waals surface area contributed by atoms with E-state index in [2.05, 4.69) is 27.5 Å². The van der Waals surface area contributed by atoms with Crippen molar-refractivity contribution < 1.29 is 24.6 Å². The third kappa shape index (κ3) is 6.96. The van der Waals surface area contributed by atoms with Crippen LogP contribution in [0, 0.1) is 12.8 Å². The summed E-state index contributed by atoms with van der Waals surface area (Å²) >= 11 is 0. The number of fused-ring (bicyclic) bond motifs is 1. The molecule has 0 fully saturated rings. The minimum absolute atomic E-state index is 0.105. The summed E-state index contributed by atoms with van der Waals surface area (Å²) in [5.74, 6) is -1.32. The van der Waals surface area contributed by atoms with E-state index in [9.17, 15) is 19.5 Å². The SMILES string of the molecule is C=C(C)CC(C(=O)Nc1ccc2c(C)c(CC(=O)O)c(O)cc2c1)n1cc(C(CC(C)C)NC(C)=O)nn1. The Morgan fingerprint density at radius 3 is 2.47 bits per heavy atom. The fourth-order valence-corrected chi connectivity index (χ4v) is 4.50. The second-order valence-corrected chi connectivity index (χ2v) is 10.2. The molecule has 3 rings (SSSR count). The van der Waals surface area contributed by atoms with Gasteiger partial charge in [0, 0.05) is 18.2 Å². The van der Waals surface area contributed by atoms with Crippen LogP contribution in [0.25, 0.3) is 10.8 Å². The molecule has 10 heteroatoms. The van der Waals surface area contributed by atoms with E-state index in [4.69, 9.17) is 5.11 Å². The smallest absolute Gasteiger partial charge is 0.307 e. The number of carboxylic acids is 1. The number of benzene rings is 2. The molecule has 0 saturated heterocycles. The van der Waals surface area contributed by atoms with E-state index < -0.39 is 12.0 Å². The van der Waals surface area contributed by atoms with Gasteiger partial charge in [-0.2, -0.15) is 0 Å². The summed E-state index contributed by atoms with van der Waals surface area (Å²) in [5.41, 5.74) is 2.90. The van der Waals surface area contributed by atoms with Gasteiger partial charge in [0.05, 0.1) is 18.7 Å². The second-order valence-electron chi connectivity index (χ2n) is 10.2. The summed E-state index contributed by atoms with van der Waals surface area (Å²) in [5, 5.41) is 35.3. The van der Waals surface area contributed by atoms with Crippen molar-refractivity contribution in [2.24, 2.45) is 5.92 Å². The maximum absolute atomic E-state index is 13.4. The lowest BCUT2D eigenvalue weighted by Gasteiger charge is -2.19. The van der Waals surface area contributed by atoms with Gasteiger partial charge in [0.15, 0.2) is 0 Å². The number of aliphatic carboxylic acids is 1. The molecule has 2 amide bonds. The third-order valence-electron chi connectivity index (χ3n) is 6.24. The van der Waals surface area contributed by atoms with Crippen molar-refractivity contribution in [3.63, 3.8) is 0 Å². The van der Waals surface area contributed by atoms with Crippen LogP contribution in [-0.2, 0) is 20.8 Å². The van der Waals surface area contributed by atoms with Crippen molar-refractivity contribution in [3.8, 4) is 5.75 Å². The number of amides is 2. The number of rotatable bonds is 11. The summed E-state index contributed by atoms with van der Waals surface area (Å²) in [6.45, 7) is 13.1. The number of aromatic nitrogens is 3. The first-order valence-electron chi connectivity index (χ1n) is 12.5. The van der Waals surface area contributed by atoms with E-state index in [1.807, 2.05) is 20.8 Å². The number of aromatic hydroxyl groups is 1. The average molecular weight is 522 g/mol. The van der Waals surface area contributed by atoms with Crippen LogP contribution in [0.3, 0.4) is 0 Å². The molecule has 2 unspecified atom stereocenters. The highest BCUT2D eigenvalue weighted by atomic mass is 16.4. The molecule has 2 atom stereocenters. The highest BCUT2D eigenvalue weighted by molar-refractivity contribution is 5.98. The number of hydrogen-bond acceptors (Lipinski definition) is 6. The molecule has 202 valence electrons. The number of carbonyl (C=O) groups excluding carboxylic acids is 2. The quantitative estimate of drug-likeness (QED) is 0.273. The van der Waals surface area contributed by atoms with Crippen LogP contribution in [0.2, 0.25) is 0 Å². The predicted octanol–water partition coefficient (Wildman–Crippen LogP) is 4.44. The third-order valence-corrected chi connectivity index (χ3v) is 6.24. The molecule has 0 aliphatic heterocycles. The lowest BCUT2D eigenvalue weighted by atomic mass is 9.96. The first-order valence-corrected chi connectivity index (χ1v) is 12.5. The number of nitrogens with one attached hydrogen (secondary N) is 2. The topological polar surface area (TPSA) is 146 Å². The van der Waals surface area contributed by atoms with E-state index in [0.717, 1.165) is 11.0 Å². The van der Waals surface area contributed by atoms with Crippen molar-refractivity contribution >= 4 is 34.2 Å². The average Bonchev–Trinajstić information content (AvgIpc) is 3.28. The van der Waals surface area contributed by atoms with Crippen molar-refractivity contribution in [1.29, 1.82) is 0 Å². The van der Waals surface area contributed by atoms with Gasteiger partial charge in [-0.1, -0.05) is 30.7 Å². The Balaban J connectivity index is 1.89. The maximum Gasteiger partial charge on any atom is 0.307 e. The first-order chi connectivity index (χ1) is 17.8. The zero-order valence-corrected chi connectivity index (χ0v) is 22.4. The highest BCUT2D eigenvalue weighted by Crippen LogP contribution is 2.32. The van der Waals surface area contributed by atoms with E-state index in [1.165, 1.54) is 17.7 Å². The van der Waals surface area contributed by atoms with Gasteiger partial charge in [0.25, 0.3) is 0 Å². The number of carboxylic acid groups (broad SMARTS) is 1. The molecule has 0 aliphatic carbocycles. The van der Waals surface area contributed by atoms with Crippen molar-refractivity contribution in [2.45, 2.75) is 66.0 Å². The number of anilines is 1. The van der Waals surface area contributed by atoms with Crippen molar-refractivity contribution in [1.82, 2.24) is 20.3 Å². The number of allylic oxidation sites excluding steroid dienone is 1. The molecule has 4 N–H and O–H groups in total. The summed E-state index contributed by atoms with van der Waals surface area (Å²) in [6.07, 6.45) is 2.40. The second kappa shape index (κ2) is 11.9. The minimum Gasteiger partial charge on any atom is -0.508 e. The van der Waals surface area contributed by atoms with Gasteiger partial charge in [0.1, 0.15) is 17.5 Å². The van der Waals surface area contributed by atoms with E-state index in [-0.39, 0.29) is 30.0 Å². The molecular formula is C28H35N5O5. The normalized spacial score (nSPS) is 12.8. The monoisotopic (exact) mass is 521 g/mol. The van der Waals surface area contributed by atoms with Crippen molar-refractivity contribution in [3.05, 3.63) is 59.4 Å². The molecule has 0 radical (unpaired) electrons. The molecule has 0 saturated carbocycles. The maximum atomic E-state index is 13.4. The van der Waals surface area contributed by atoms with Gasteiger partial charge in [-0.15, -0.1) is 11.7 Å². The Bertz CT molecular complexity index is 1380. The number of phenolic OH excluding ortho intramolecular Hbond substituents is 1. The van der Waals surface area contributed by atoms with E-state index in [0.29, 0.717) is 46.7 Å². The Morgan fingerprint density at radius 1 is 1.16 bits per heavy atom. The Kier molecular flexibility index (Phi) is 8.88. The number of hydrogen-bond donors (Lipinski definition) is 4. The van der Waals surface area contributed by atoms with Gasteiger partial charge in [-0.25, -0.2) is 4.68 Å². The Labute approximate surface area is 221 Å². The van der Waals surface area contributed by atoms with Gasteiger partial charge >= 0.3 is 5.97 Å². The molecule has 10 nitrogen and oxygen atoms in total. The van der Waals surface area contributed by atoms with Gasteiger partial charge in [-0.05, 0) is 67.1 Å². The molecule has 38 heavy (non-hydrogen) atoms. The molecule has 0 bridgehead atoms. The molecular weight excluding hydrogens is 486 g/mol. The predicted molar refractivity (Wildman–Crippen MR) is 145 cm³/mol. The zero-order valence-electron chi connectivity index (χ0n) is 22.4. The standard InChI is InChI=1S/C28H35N5O5/c1-15(2)9-23(29-18(6)34)24-14-33(32-31-24)25(10-16(3)4)28(38)30-20-7-8-21-17(5)22(13-27(36)37)26(35)12-19(21)11-20/h7-8,11-12,14-15,23,25,35H,3,9-10,13H2,1-2,4-6H3,(H,29,34)(H,30,38)(H,36,37). The van der Waals surface area contributed by atoms with E-state index >= 15 is 0 Å². The number of carbonyl (C=O) groups is 3.